The van der Waals surface area contributed by atoms with E-state index in [1.165, 1.54) is 5.56 Å². The maximum absolute atomic E-state index is 12.2. The van der Waals surface area contributed by atoms with Crippen LogP contribution in [0, 0.1) is 5.92 Å². The zero-order chi connectivity index (χ0) is 15.3. The van der Waals surface area contributed by atoms with Crippen LogP contribution in [-0.2, 0) is 15.9 Å². The molecule has 0 bridgehead atoms. The van der Waals surface area contributed by atoms with Crippen LogP contribution < -0.4 is 0 Å². The summed E-state index contributed by atoms with van der Waals surface area (Å²) in [7, 11) is 0. The highest BCUT2D eigenvalue weighted by atomic mass is 19.4. The molecule has 118 valence electrons. The zero-order valence-corrected chi connectivity index (χ0v) is 12.2. The van der Waals surface area contributed by atoms with Gasteiger partial charge in [-0.3, -0.25) is 0 Å². The van der Waals surface area contributed by atoms with Crippen LogP contribution in [0.4, 0.5) is 13.2 Å². The van der Waals surface area contributed by atoms with Crippen molar-refractivity contribution in [3.8, 4) is 0 Å². The van der Waals surface area contributed by atoms with Gasteiger partial charge in [-0.2, -0.15) is 13.2 Å². The van der Waals surface area contributed by atoms with E-state index in [9.17, 15) is 13.2 Å². The Hall–Kier alpha value is -1.07. The molecule has 1 aromatic rings. The minimum Gasteiger partial charge on any atom is -0.348 e. The third kappa shape index (κ3) is 5.32. The molecule has 1 aromatic carbocycles. The van der Waals surface area contributed by atoms with E-state index in [-0.39, 0.29) is 12.3 Å². The Morgan fingerprint density at radius 2 is 1.71 bits per heavy atom. The molecule has 1 heterocycles. The largest absolute Gasteiger partial charge is 0.389 e. The van der Waals surface area contributed by atoms with Crippen LogP contribution in [-0.4, -0.2) is 19.4 Å². The standard InChI is InChI=1S/C16H21F3O2/c1-2-3-12-4-6-14(7-5-12)15-20-10-13(11-21-15)8-9-16(17,18)19/h4-7,13,15H,2-3,8-11H2,1H3. The second kappa shape index (κ2) is 7.27. The maximum Gasteiger partial charge on any atom is 0.389 e. The Morgan fingerprint density at radius 3 is 2.24 bits per heavy atom. The Balaban J connectivity index is 1.80. The van der Waals surface area contributed by atoms with Crippen molar-refractivity contribution in [1.82, 2.24) is 0 Å². The van der Waals surface area contributed by atoms with E-state index in [1.54, 1.807) is 0 Å². The summed E-state index contributed by atoms with van der Waals surface area (Å²) in [5, 5.41) is 0. The Morgan fingerprint density at radius 1 is 1.10 bits per heavy atom. The second-order valence-corrected chi connectivity index (χ2v) is 5.51. The van der Waals surface area contributed by atoms with Crippen LogP contribution in [0.5, 0.6) is 0 Å². The number of hydrogen-bond acceptors (Lipinski definition) is 2. The summed E-state index contributed by atoms with van der Waals surface area (Å²) in [6.45, 7) is 2.76. The molecule has 0 spiro atoms. The highest BCUT2D eigenvalue weighted by Crippen LogP contribution is 2.30. The van der Waals surface area contributed by atoms with Gasteiger partial charge in [-0.1, -0.05) is 37.6 Å². The molecule has 1 fully saturated rings. The Bertz CT molecular complexity index is 420. The first-order chi connectivity index (χ1) is 9.98. The monoisotopic (exact) mass is 302 g/mol. The van der Waals surface area contributed by atoms with Gasteiger partial charge >= 0.3 is 6.18 Å². The van der Waals surface area contributed by atoms with Crippen LogP contribution in [0.3, 0.4) is 0 Å². The molecule has 0 unspecified atom stereocenters. The number of alkyl halides is 3. The summed E-state index contributed by atoms with van der Waals surface area (Å²) in [6.07, 6.45) is -3.15. The van der Waals surface area contributed by atoms with Gasteiger partial charge < -0.3 is 9.47 Å². The lowest BCUT2D eigenvalue weighted by Crippen LogP contribution is -2.28. The summed E-state index contributed by atoms with van der Waals surface area (Å²) in [5.41, 5.74) is 2.18. The average Bonchev–Trinajstić information content (AvgIpc) is 2.46. The van der Waals surface area contributed by atoms with Crippen molar-refractivity contribution in [1.29, 1.82) is 0 Å². The van der Waals surface area contributed by atoms with E-state index in [2.05, 4.69) is 6.92 Å². The van der Waals surface area contributed by atoms with Gasteiger partial charge in [0.1, 0.15) is 0 Å². The zero-order valence-electron chi connectivity index (χ0n) is 12.2. The first-order valence-electron chi connectivity index (χ1n) is 7.36. The third-order valence-corrected chi connectivity index (χ3v) is 3.59. The molecule has 1 aliphatic heterocycles. The lowest BCUT2D eigenvalue weighted by molar-refractivity contribution is -0.211. The molecule has 2 rings (SSSR count). The predicted octanol–water partition coefficient (Wildman–Crippen LogP) is 4.64. The molecule has 1 aliphatic rings. The quantitative estimate of drug-likeness (QED) is 0.788. The number of hydrogen-bond donors (Lipinski definition) is 0. The normalized spacial score (nSPS) is 23.2. The van der Waals surface area contributed by atoms with Gasteiger partial charge in [-0.05, 0) is 18.4 Å². The van der Waals surface area contributed by atoms with Gasteiger partial charge in [0, 0.05) is 17.9 Å². The highest BCUT2D eigenvalue weighted by Gasteiger charge is 2.30. The average molecular weight is 302 g/mol. The molecule has 0 saturated carbocycles. The van der Waals surface area contributed by atoms with Gasteiger partial charge in [0.05, 0.1) is 13.2 Å². The SMILES string of the molecule is CCCc1ccc(C2OCC(CCC(F)(F)F)CO2)cc1. The van der Waals surface area contributed by atoms with Crippen molar-refractivity contribution in [3.63, 3.8) is 0 Å². The smallest absolute Gasteiger partial charge is 0.348 e. The van der Waals surface area contributed by atoms with Gasteiger partial charge in [-0.25, -0.2) is 0 Å². The Labute approximate surface area is 123 Å². The number of rotatable bonds is 5. The topological polar surface area (TPSA) is 18.5 Å². The fraction of sp³-hybridized carbons (Fsp3) is 0.625. The number of halogens is 3. The van der Waals surface area contributed by atoms with Crippen molar-refractivity contribution < 1.29 is 22.6 Å². The van der Waals surface area contributed by atoms with Crippen molar-refractivity contribution in [2.24, 2.45) is 5.92 Å². The lowest BCUT2D eigenvalue weighted by Gasteiger charge is -2.30. The van der Waals surface area contributed by atoms with Crippen LogP contribution in [0.1, 0.15) is 43.6 Å². The molecular weight excluding hydrogens is 281 g/mol. The van der Waals surface area contributed by atoms with Crippen molar-refractivity contribution in [2.75, 3.05) is 13.2 Å². The van der Waals surface area contributed by atoms with E-state index in [4.69, 9.17) is 9.47 Å². The Kier molecular flexibility index (Phi) is 5.65. The summed E-state index contributed by atoms with van der Waals surface area (Å²) in [5.74, 6) is -0.178. The fourth-order valence-electron chi connectivity index (χ4n) is 2.40. The molecule has 0 N–H and O–H groups in total. The molecule has 0 aromatic heterocycles. The summed E-state index contributed by atoms with van der Waals surface area (Å²) >= 11 is 0. The minimum absolute atomic E-state index is 0.0612. The molecule has 5 heteroatoms. The van der Waals surface area contributed by atoms with Crippen molar-refractivity contribution >= 4 is 0 Å². The second-order valence-electron chi connectivity index (χ2n) is 5.51. The number of benzene rings is 1. The molecule has 21 heavy (non-hydrogen) atoms. The lowest BCUT2D eigenvalue weighted by atomic mass is 10.0. The van der Waals surface area contributed by atoms with E-state index < -0.39 is 18.9 Å². The molecule has 0 aliphatic carbocycles. The fourth-order valence-corrected chi connectivity index (χ4v) is 2.40. The summed E-state index contributed by atoms with van der Waals surface area (Å²) in [4.78, 5) is 0. The number of ether oxygens (including phenoxy) is 2. The van der Waals surface area contributed by atoms with Crippen LogP contribution in [0.25, 0.3) is 0 Å². The third-order valence-electron chi connectivity index (χ3n) is 3.59. The molecule has 2 nitrogen and oxygen atoms in total. The number of aryl methyl sites for hydroxylation is 1. The maximum atomic E-state index is 12.2. The van der Waals surface area contributed by atoms with E-state index >= 15 is 0 Å². The summed E-state index contributed by atoms with van der Waals surface area (Å²) < 4.78 is 47.6. The minimum atomic E-state index is -4.11. The molecule has 0 amide bonds. The van der Waals surface area contributed by atoms with Gasteiger partial charge in [0.15, 0.2) is 6.29 Å². The van der Waals surface area contributed by atoms with Crippen LogP contribution in [0.15, 0.2) is 24.3 Å². The summed E-state index contributed by atoms with van der Waals surface area (Å²) in [6, 6.07) is 8.01. The highest BCUT2D eigenvalue weighted by molar-refractivity contribution is 5.23. The molecule has 1 saturated heterocycles. The van der Waals surface area contributed by atoms with Crippen molar-refractivity contribution in [2.45, 2.75) is 45.1 Å². The van der Waals surface area contributed by atoms with Crippen LogP contribution >= 0.6 is 0 Å². The molecular formula is C16H21F3O2. The van der Waals surface area contributed by atoms with Gasteiger partial charge in [-0.15, -0.1) is 0 Å². The van der Waals surface area contributed by atoms with E-state index in [1.807, 2.05) is 24.3 Å². The van der Waals surface area contributed by atoms with E-state index in [0.29, 0.717) is 13.2 Å². The first kappa shape index (κ1) is 16.3. The van der Waals surface area contributed by atoms with Gasteiger partial charge in [0.25, 0.3) is 0 Å². The van der Waals surface area contributed by atoms with Crippen LogP contribution in [0.2, 0.25) is 0 Å². The first-order valence-corrected chi connectivity index (χ1v) is 7.36. The van der Waals surface area contributed by atoms with E-state index in [0.717, 1.165) is 18.4 Å². The van der Waals surface area contributed by atoms with Crippen molar-refractivity contribution in [3.05, 3.63) is 35.4 Å². The molecule has 0 radical (unpaired) electrons. The predicted molar refractivity (Wildman–Crippen MR) is 73.9 cm³/mol. The van der Waals surface area contributed by atoms with Gasteiger partial charge in [0.2, 0.25) is 0 Å². The molecule has 0 atom stereocenters.